The van der Waals surface area contributed by atoms with Crippen molar-refractivity contribution in [2.75, 3.05) is 6.54 Å². The molecule has 0 spiro atoms. The van der Waals surface area contributed by atoms with Crippen LogP contribution in [0.1, 0.15) is 24.3 Å². The molecule has 0 saturated heterocycles. The van der Waals surface area contributed by atoms with Crippen molar-refractivity contribution in [3.63, 3.8) is 0 Å². The quantitative estimate of drug-likeness (QED) is 0.459. The van der Waals surface area contributed by atoms with Crippen LogP contribution in [0.15, 0.2) is 53.1 Å². The number of nitriles is 2. The number of benzene rings is 1. The Morgan fingerprint density at radius 2 is 1.77 bits per heavy atom. The molecule has 3 heterocycles. The molecule has 0 aliphatic carbocycles. The Bertz CT molecular complexity index is 1390. The number of thiophene rings is 1. The predicted octanol–water partition coefficient (Wildman–Crippen LogP) is 4.39. The highest BCUT2D eigenvalue weighted by molar-refractivity contribution is 7.19. The average Bonchev–Trinajstić information content (AvgIpc) is 3.30. The highest BCUT2D eigenvalue weighted by atomic mass is 32.1. The second kappa shape index (κ2) is 7.71. The highest BCUT2D eigenvalue weighted by Crippen LogP contribution is 2.35. The van der Waals surface area contributed by atoms with Crippen molar-refractivity contribution < 1.29 is 9.59 Å². The normalized spacial score (nSPS) is 15.6. The summed E-state index contributed by atoms with van der Waals surface area (Å²) in [4.78, 5) is 27.1. The van der Waals surface area contributed by atoms with Crippen molar-refractivity contribution in [3.05, 3.63) is 63.6 Å². The SMILES string of the molecule is CCN1C(=O)C(C#N)=C(C)/C(=C/c2cc3c(cc(-c4ccc(C#N)cc4)n3C)s2)C1=O. The zero-order valence-corrected chi connectivity index (χ0v) is 18.1. The van der Waals surface area contributed by atoms with Gasteiger partial charge >= 0.3 is 0 Å². The third kappa shape index (κ3) is 3.26. The lowest BCUT2D eigenvalue weighted by Gasteiger charge is -2.26. The van der Waals surface area contributed by atoms with Crippen LogP contribution < -0.4 is 0 Å². The molecule has 0 radical (unpaired) electrons. The van der Waals surface area contributed by atoms with E-state index in [0.29, 0.717) is 16.7 Å². The van der Waals surface area contributed by atoms with Crippen LogP contribution in [0.25, 0.3) is 27.6 Å². The molecule has 152 valence electrons. The maximum Gasteiger partial charge on any atom is 0.271 e. The Morgan fingerprint density at radius 1 is 1.06 bits per heavy atom. The first kappa shape index (κ1) is 20.3. The van der Waals surface area contributed by atoms with Gasteiger partial charge in [0.25, 0.3) is 11.8 Å². The van der Waals surface area contributed by atoms with Gasteiger partial charge < -0.3 is 4.57 Å². The number of carbonyl (C=O) groups excluding carboxylic acids is 2. The molecule has 1 aliphatic rings. The van der Waals surface area contributed by atoms with E-state index in [0.717, 1.165) is 31.3 Å². The number of aryl methyl sites for hydroxylation is 1. The van der Waals surface area contributed by atoms with E-state index in [9.17, 15) is 14.9 Å². The maximum absolute atomic E-state index is 12.8. The number of nitrogens with zero attached hydrogens (tertiary/aromatic N) is 4. The van der Waals surface area contributed by atoms with Gasteiger partial charge in [-0.25, -0.2) is 0 Å². The molecular formula is C24H18N4O2S. The van der Waals surface area contributed by atoms with Crippen LogP contribution in [0.3, 0.4) is 0 Å². The fourth-order valence-corrected chi connectivity index (χ4v) is 4.83. The number of imide groups is 1. The van der Waals surface area contributed by atoms with Crippen molar-refractivity contribution in [2.24, 2.45) is 7.05 Å². The first-order valence-electron chi connectivity index (χ1n) is 9.68. The van der Waals surface area contributed by atoms with Crippen LogP contribution >= 0.6 is 11.3 Å². The van der Waals surface area contributed by atoms with Crippen molar-refractivity contribution in [1.29, 1.82) is 10.5 Å². The van der Waals surface area contributed by atoms with Gasteiger partial charge in [0.05, 0.1) is 21.8 Å². The Labute approximate surface area is 183 Å². The summed E-state index contributed by atoms with van der Waals surface area (Å²) in [6, 6.07) is 15.6. The zero-order chi connectivity index (χ0) is 22.3. The monoisotopic (exact) mass is 426 g/mol. The first-order valence-corrected chi connectivity index (χ1v) is 10.5. The number of amides is 2. The van der Waals surface area contributed by atoms with E-state index in [2.05, 4.69) is 16.7 Å². The predicted molar refractivity (Wildman–Crippen MR) is 120 cm³/mol. The molecule has 0 bridgehead atoms. The number of hydrogen-bond acceptors (Lipinski definition) is 5. The number of aromatic nitrogens is 1. The molecule has 0 N–H and O–H groups in total. The van der Waals surface area contributed by atoms with Crippen molar-refractivity contribution in [1.82, 2.24) is 9.47 Å². The van der Waals surface area contributed by atoms with Crippen LogP contribution in [-0.2, 0) is 16.6 Å². The van der Waals surface area contributed by atoms with E-state index >= 15 is 0 Å². The standard InChI is InChI=1S/C24H18N4O2S/c1-4-28-23(29)18(14(2)19(13-26)24(28)30)9-17-10-21-22(31-17)11-20(27(21)3)16-7-5-15(12-25)6-8-16/h5-11H,4H2,1-3H3/b18-9-. The molecule has 2 amide bonds. The summed E-state index contributed by atoms with van der Waals surface area (Å²) >= 11 is 1.54. The third-order valence-corrected chi connectivity index (χ3v) is 6.51. The summed E-state index contributed by atoms with van der Waals surface area (Å²) in [5.74, 6) is -0.909. The molecule has 1 aromatic carbocycles. The molecular weight excluding hydrogens is 408 g/mol. The summed E-state index contributed by atoms with van der Waals surface area (Å²) in [5, 5.41) is 18.4. The van der Waals surface area contributed by atoms with E-state index in [1.54, 1.807) is 43.4 Å². The van der Waals surface area contributed by atoms with Gasteiger partial charge in [0.1, 0.15) is 11.6 Å². The minimum absolute atomic E-state index is 0.0110. The molecule has 4 rings (SSSR count). The van der Waals surface area contributed by atoms with E-state index in [1.165, 1.54) is 0 Å². The zero-order valence-electron chi connectivity index (χ0n) is 17.3. The van der Waals surface area contributed by atoms with Gasteiger partial charge in [-0.2, -0.15) is 10.5 Å². The van der Waals surface area contributed by atoms with Crippen LogP contribution in [0.2, 0.25) is 0 Å². The molecule has 6 nitrogen and oxygen atoms in total. The summed E-state index contributed by atoms with van der Waals surface area (Å²) in [7, 11) is 1.97. The van der Waals surface area contributed by atoms with Crippen LogP contribution in [0.4, 0.5) is 0 Å². The van der Waals surface area contributed by atoms with Gasteiger partial charge in [-0.15, -0.1) is 11.3 Å². The fourth-order valence-electron chi connectivity index (χ4n) is 3.75. The molecule has 1 aliphatic heterocycles. The molecule has 31 heavy (non-hydrogen) atoms. The molecule has 0 unspecified atom stereocenters. The smallest absolute Gasteiger partial charge is 0.271 e. The second-order valence-corrected chi connectivity index (χ2v) is 8.32. The summed E-state index contributed by atoms with van der Waals surface area (Å²) in [6.07, 6.45) is 1.76. The van der Waals surface area contributed by atoms with Crippen molar-refractivity contribution >= 4 is 39.4 Å². The van der Waals surface area contributed by atoms with Crippen molar-refractivity contribution in [2.45, 2.75) is 13.8 Å². The van der Waals surface area contributed by atoms with Gasteiger partial charge in [0.2, 0.25) is 0 Å². The number of rotatable bonds is 3. The van der Waals surface area contributed by atoms with Gasteiger partial charge in [-0.05, 0) is 55.3 Å². The van der Waals surface area contributed by atoms with E-state index in [1.807, 2.05) is 31.3 Å². The first-order chi connectivity index (χ1) is 14.9. The lowest BCUT2D eigenvalue weighted by molar-refractivity contribution is -0.140. The Morgan fingerprint density at radius 3 is 2.35 bits per heavy atom. The maximum atomic E-state index is 12.8. The Kier molecular flexibility index (Phi) is 5.06. The number of fused-ring (bicyclic) bond motifs is 1. The van der Waals surface area contributed by atoms with Crippen molar-refractivity contribution in [3.8, 4) is 23.4 Å². The van der Waals surface area contributed by atoms with E-state index in [4.69, 9.17) is 5.26 Å². The van der Waals surface area contributed by atoms with Gasteiger partial charge in [0.15, 0.2) is 0 Å². The molecule has 2 aromatic heterocycles. The summed E-state index contributed by atoms with van der Waals surface area (Å²) < 4.78 is 3.13. The summed E-state index contributed by atoms with van der Waals surface area (Å²) in [6.45, 7) is 3.57. The number of carbonyl (C=O) groups is 2. The highest BCUT2D eigenvalue weighted by Gasteiger charge is 2.34. The average molecular weight is 427 g/mol. The fraction of sp³-hybridized carbons (Fsp3) is 0.167. The number of hydrogen-bond donors (Lipinski definition) is 0. The Balaban J connectivity index is 1.77. The molecule has 3 aromatic rings. The van der Waals surface area contributed by atoms with Gasteiger partial charge in [0, 0.05) is 29.7 Å². The lowest BCUT2D eigenvalue weighted by atomic mass is 9.95. The minimum Gasteiger partial charge on any atom is -0.343 e. The van der Waals surface area contributed by atoms with Crippen LogP contribution in [-0.4, -0.2) is 27.8 Å². The lowest BCUT2D eigenvalue weighted by Crippen LogP contribution is -2.42. The largest absolute Gasteiger partial charge is 0.343 e. The van der Waals surface area contributed by atoms with Gasteiger partial charge in [-0.1, -0.05) is 12.1 Å². The number of likely N-dealkylation sites (N-methyl/N-ethyl adjacent to an activating group) is 1. The molecule has 0 atom stereocenters. The third-order valence-electron chi connectivity index (χ3n) is 5.49. The van der Waals surface area contributed by atoms with Crippen LogP contribution in [0.5, 0.6) is 0 Å². The topological polar surface area (TPSA) is 89.9 Å². The minimum atomic E-state index is -0.534. The van der Waals surface area contributed by atoms with E-state index < -0.39 is 5.91 Å². The van der Waals surface area contributed by atoms with E-state index in [-0.39, 0.29) is 18.0 Å². The van der Waals surface area contributed by atoms with Gasteiger partial charge in [-0.3, -0.25) is 14.5 Å². The molecule has 0 saturated carbocycles. The molecule has 7 heteroatoms. The Hall–Kier alpha value is -3.94. The summed E-state index contributed by atoms with van der Waals surface area (Å²) in [5.41, 5.74) is 4.48. The van der Waals surface area contributed by atoms with Crippen LogP contribution in [0, 0.1) is 22.7 Å². The molecule has 0 fully saturated rings. The second-order valence-electron chi connectivity index (χ2n) is 7.20.